The highest BCUT2D eigenvalue weighted by Crippen LogP contribution is 2.33. The van der Waals surface area contributed by atoms with E-state index in [0.29, 0.717) is 0 Å². The zero-order valence-corrected chi connectivity index (χ0v) is 8.52. The van der Waals surface area contributed by atoms with E-state index in [0.717, 1.165) is 12.8 Å². The second-order valence-corrected chi connectivity index (χ2v) is 4.86. The molecular formula is C11H15NS. The van der Waals surface area contributed by atoms with Crippen LogP contribution in [0.3, 0.4) is 0 Å². The molecule has 70 valence electrons. The molecule has 0 atom stereocenters. The predicted octanol–water partition coefficient (Wildman–Crippen LogP) is 2.37. The summed E-state index contributed by atoms with van der Waals surface area (Å²) < 4.78 is 0. The maximum atomic E-state index is 6.37. The zero-order chi connectivity index (χ0) is 9.15. The Morgan fingerprint density at radius 1 is 1.08 bits per heavy atom. The summed E-state index contributed by atoms with van der Waals surface area (Å²) in [5, 5.41) is 0. The van der Waals surface area contributed by atoms with Gasteiger partial charge in [-0.2, -0.15) is 11.8 Å². The number of benzene rings is 1. The van der Waals surface area contributed by atoms with Gasteiger partial charge in [-0.3, -0.25) is 0 Å². The highest BCUT2D eigenvalue weighted by atomic mass is 32.2. The molecule has 0 aromatic heterocycles. The van der Waals surface area contributed by atoms with Gasteiger partial charge in [0.05, 0.1) is 0 Å². The van der Waals surface area contributed by atoms with Gasteiger partial charge in [-0.05, 0) is 29.9 Å². The summed E-state index contributed by atoms with van der Waals surface area (Å²) in [6, 6.07) is 10.5. The Balaban J connectivity index is 2.23. The van der Waals surface area contributed by atoms with Crippen LogP contribution >= 0.6 is 11.8 Å². The number of thioether (sulfide) groups is 1. The molecule has 1 aliphatic rings. The van der Waals surface area contributed by atoms with E-state index >= 15 is 0 Å². The van der Waals surface area contributed by atoms with Crippen LogP contribution in [-0.4, -0.2) is 11.5 Å². The smallest absolute Gasteiger partial charge is 0.0425 e. The molecule has 1 fully saturated rings. The van der Waals surface area contributed by atoms with Gasteiger partial charge < -0.3 is 5.73 Å². The van der Waals surface area contributed by atoms with Crippen LogP contribution in [0, 0.1) is 0 Å². The number of hydrogen-bond acceptors (Lipinski definition) is 2. The molecule has 1 saturated heterocycles. The molecule has 2 heteroatoms. The first kappa shape index (κ1) is 9.10. The summed E-state index contributed by atoms with van der Waals surface area (Å²) in [6.45, 7) is 0. The second-order valence-electron chi connectivity index (χ2n) is 3.63. The topological polar surface area (TPSA) is 26.0 Å². The first-order valence-corrected chi connectivity index (χ1v) is 5.89. The van der Waals surface area contributed by atoms with Crippen LogP contribution in [-0.2, 0) is 5.54 Å². The molecule has 0 bridgehead atoms. The molecule has 1 aromatic rings. The van der Waals surface area contributed by atoms with Gasteiger partial charge in [0.25, 0.3) is 0 Å². The van der Waals surface area contributed by atoms with E-state index in [2.05, 4.69) is 24.3 Å². The Kier molecular flexibility index (Phi) is 2.61. The largest absolute Gasteiger partial charge is 0.321 e. The first-order chi connectivity index (χ1) is 6.31. The van der Waals surface area contributed by atoms with Gasteiger partial charge in [0.1, 0.15) is 0 Å². The predicted molar refractivity (Wildman–Crippen MR) is 58.9 cm³/mol. The minimum absolute atomic E-state index is 0.0491. The van der Waals surface area contributed by atoms with Crippen LogP contribution in [0.5, 0.6) is 0 Å². The Morgan fingerprint density at radius 2 is 1.69 bits per heavy atom. The second kappa shape index (κ2) is 3.72. The number of rotatable bonds is 1. The lowest BCUT2D eigenvalue weighted by atomic mass is 9.85. The molecule has 0 amide bonds. The van der Waals surface area contributed by atoms with Crippen molar-refractivity contribution in [2.24, 2.45) is 5.73 Å². The molecule has 0 radical (unpaired) electrons. The molecule has 2 N–H and O–H groups in total. The molecule has 1 aliphatic heterocycles. The van der Waals surface area contributed by atoms with Crippen LogP contribution < -0.4 is 5.73 Å². The molecule has 0 aliphatic carbocycles. The van der Waals surface area contributed by atoms with Crippen LogP contribution in [0.2, 0.25) is 0 Å². The first-order valence-electron chi connectivity index (χ1n) is 4.73. The van der Waals surface area contributed by atoms with E-state index in [-0.39, 0.29) is 5.54 Å². The Bertz CT molecular complexity index is 265. The standard InChI is InChI=1S/C11H15NS/c12-11(6-8-13-9-7-11)10-4-2-1-3-5-10/h1-5H,6-9,12H2. The van der Waals surface area contributed by atoms with Gasteiger partial charge in [0, 0.05) is 5.54 Å². The van der Waals surface area contributed by atoms with E-state index in [4.69, 9.17) is 5.73 Å². The average molecular weight is 193 g/mol. The minimum atomic E-state index is -0.0491. The van der Waals surface area contributed by atoms with Crippen molar-refractivity contribution in [2.45, 2.75) is 18.4 Å². The summed E-state index contributed by atoms with van der Waals surface area (Å²) in [4.78, 5) is 0. The van der Waals surface area contributed by atoms with E-state index < -0.39 is 0 Å². The van der Waals surface area contributed by atoms with E-state index in [9.17, 15) is 0 Å². The van der Waals surface area contributed by atoms with Crippen molar-refractivity contribution in [3.05, 3.63) is 35.9 Å². The third-order valence-electron chi connectivity index (χ3n) is 2.73. The van der Waals surface area contributed by atoms with Crippen molar-refractivity contribution in [3.63, 3.8) is 0 Å². The lowest BCUT2D eigenvalue weighted by Crippen LogP contribution is -2.40. The molecule has 2 rings (SSSR count). The van der Waals surface area contributed by atoms with Crippen LogP contribution in [0.25, 0.3) is 0 Å². The van der Waals surface area contributed by atoms with E-state index in [1.165, 1.54) is 17.1 Å². The molecule has 1 heterocycles. The number of hydrogen-bond donors (Lipinski definition) is 1. The van der Waals surface area contributed by atoms with Gasteiger partial charge in [-0.25, -0.2) is 0 Å². The van der Waals surface area contributed by atoms with Crippen molar-refractivity contribution < 1.29 is 0 Å². The van der Waals surface area contributed by atoms with Crippen LogP contribution in [0.4, 0.5) is 0 Å². The van der Waals surface area contributed by atoms with Crippen molar-refractivity contribution >= 4 is 11.8 Å². The molecule has 0 unspecified atom stereocenters. The average Bonchev–Trinajstić information content (AvgIpc) is 2.20. The fourth-order valence-electron chi connectivity index (χ4n) is 1.79. The summed E-state index contributed by atoms with van der Waals surface area (Å²) in [5.41, 5.74) is 7.62. The summed E-state index contributed by atoms with van der Waals surface area (Å²) in [6.07, 6.45) is 2.23. The molecule has 0 saturated carbocycles. The summed E-state index contributed by atoms with van der Waals surface area (Å²) >= 11 is 2.01. The van der Waals surface area contributed by atoms with Crippen molar-refractivity contribution in [1.82, 2.24) is 0 Å². The van der Waals surface area contributed by atoms with Crippen LogP contribution in [0.15, 0.2) is 30.3 Å². The van der Waals surface area contributed by atoms with Gasteiger partial charge in [0.2, 0.25) is 0 Å². The van der Waals surface area contributed by atoms with Crippen LogP contribution in [0.1, 0.15) is 18.4 Å². The van der Waals surface area contributed by atoms with Crippen molar-refractivity contribution in [2.75, 3.05) is 11.5 Å². The zero-order valence-electron chi connectivity index (χ0n) is 7.70. The molecule has 1 aromatic carbocycles. The Morgan fingerprint density at radius 3 is 2.31 bits per heavy atom. The van der Waals surface area contributed by atoms with Gasteiger partial charge >= 0.3 is 0 Å². The summed E-state index contributed by atoms with van der Waals surface area (Å²) in [5.74, 6) is 2.40. The van der Waals surface area contributed by atoms with Gasteiger partial charge in [0.15, 0.2) is 0 Å². The highest BCUT2D eigenvalue weighted by Gasteiger charge is 2.28. The number of nitrogens with two attached hydrogens (primary N) is 1. The Labute approximate surface area is 83.7 Å². The van der Waals surface area contributed by atoms with Crippen molar-refractivity contribution in [3.8, 4) is 0 Å². The maximum absolute atomic E-state index is 6.37. The summed E-state index contributed by atoms with van der Waals surface area (Å²) in [7, 11) is 0. The molecule has 1 nitrogen and oxygen atoms in total. The molecular weight excluding hydrogens is 178 g/mol. The SMILES string of the molecule is NC1(c2ccccc2)CCSCC1. The fourth-order valence-corrected chi connectivity index (χ4v) is 3.02. The van der Waals surface area contributed by atoms with E-state index in [1.807, 2.05) is 17.8 Å². The maximum Gasteiger partial charge on any atom is 0.0425 e. The lowest BCUT2D eigenvalue weighted by molar-refractivity contribution is 0.411. The van der Waals surface area contributed by atoms with E-state index in [1.54, 1.807) is 0 Å². The quantitative estimate of drug-likeness (QED) is 0.741. The third kappa shape index (κ3) is 1.89. The molecule has 0 spiro atoms. The monoisotopic (exact) mass is 193 g/mol. The highest BCUT2D eigenvalue weighted by molar-refractivity contribution is 7.99. The van der Waals surface area contributed by atoms with Gasteiger partial charge in [-0.15, -0.1) is 0 Å². The molecule has 13 heavy (non-hydrogen) atoms. The Hall–Kier alpha value is -0.470. The lowest BCUT2D eigenvalue weighted by Gasteiger charge is -2.33. The normalized spacial score (nSPS) is 21.3. The third-order valence-corrected chi connectivity index (χ3v) is 3.72. The minimum Gasteiger partial charge on any atom is -0.321 e. The van der Waals surface area contributed by atoms with Crippen molar-refractivity contribution in [1.29, 1.82) is 0 Å². The fraction of sp³-hybridized carbons (Fsp3) is 0.455. The van der Waals surface area contributed by atoms with Gasteiger partial charge in [-0.1, -0.05) is 30.3 Å².